The van der Waals surface area contributed by atoms with Gasteiger partial charge in [0.05, 0.1) is 24.9 Å². The molecule has 0 fully saturated rings. The molecular weight excluding hydrogens is 244 g/mol. The van der Waals surface area contributed by atoms with E-state index in [1.165, 1.54) is 5.56 Å². The maximum absolute atomic E-state index is 8.82. The maximum Gasteiger partial charge on any atom is 0.124 e. The van der Waals surface area contributed by atoms with E-state index in [1.807, 2.05) is 24.4 Å². The van der Waals surface area contributed by atoms with Crippen molar-refractivity contribution in [2.75, 3.05) is 13.2 Å². The quantitative estimate of drug-likeness (QED) is 0.818. The summed E-state index contributed by atoms with van der Waals surface area (Å²) in [7, 11) is 0. The minimum Gasteiger partial charge on any atom is -0.491 e. The van der Waals surface area contributed by atoms with E-state index in [4.69, 9.17) is 9.84 Å². The number of nitrogens with zero attached hydrogens (tertiary/aromatic N) is 3. The molecule has 0 saturated carbocycles. The van der Waals surface area contributed by atoms with Crippen molar-refractivity contribution in [2.24, 2.45) is 0 Å². The molecule has 0 spiro atoms. The number of hydrogen-bond acceptors (Lipinski definition) is 5. The first-order valence-corrected chi connectivity index (χ1v) is 6.32. The van der Waals surface area contributed by atoms with Gasteiger partial charge in [-0.3, -0.25) is 0 Å². The Hall–Kier alpha value is -1.92. The van der Waals surface area contributed by atoms with E-state index in [2.05, 4.69) is 21.7 Å². The van der Waals surface area contributed by atoms with Crippen molar-refractivity contribution >= 4 is 0 Å². The van der Waals surface area contributed by atoms with Crippen LogP contribution in [-0.4, -0.2) is 33.3 Å². The molecule has 1 aliphatic rings. The van der Waals surface area contributed by atoms with Crippen LogP contribution >= 0.6 is 0 Å². The molecule has 1 aromatic heterocycles. The third-order valence-corrected chi connectivity index (χ3v) is 3.14. The van der Waals surface area contributed by atoms with Gasteiger partial charge >= 0.3 is 0 Å². The first kappa shape index (κ1) is 12.1. The SMILES string of the molecule is OCCn1cc(CNC2COc3ccccc32)nn1. The molecule has 1 aromatic carbocycles. The Kier molecular flexibility index (Phi) is 3.43. The second-order valence-corrected chi connectivity index (χ2v) is 4.48. The number of nitrogens with one attached hydrogen (secondary N) is 1. The number of aliphatic hydroxyl groups is 1. The summed E-state index contributed by atoms with van der Waals surface area (Å²) in [5, 5.41) is 20.2. The van der Waals surface area contributed by atoms with Gasteiger partial charge in [0.2, 0.25) is 0 Å². The molecular formula is C13H16N4O2. The minimum absolute atomic E-state index is 0.0695. The number of aliphatic hydroxyl groups excluding tert-OH is 1. The molecule has 2 N–H and O–H groups in total. The van der Waals surface area contributed by atoms with E-state index < -0.39 is 0 Å². The average molecular weight is 260 g/mol. The van der Waals surface area contributed by atoms with E-state index in [0.29, 0.717) is 19.7 Å². The summed E-state index contributed by atoms with van der Waals surface area (Å²) in [6.45, 7) is 1.82. The Morgan fingerprint density at radius 2 is 2.32 bits per heavy atom. The fourth-order valence-electron chi connectivity index (χ4n) is 2.19. The lowest BCUT2D eigenvalue weighted by atomic mass is 10.1. The van der Waals surface area contributed by atoms with Crippen molar-refractivity contribution in [1.82, 2.24) is 20.3 Å². The molecule has 6 nitrogen and oxygen atoms in total. The molecule has 0 saturated heterocycles. The highest BCUT2D eigenvalue weighted by atomic mass is 16.5. The van der Waals surface area contributed by atoms with Crippen LogP contribution in [0.5, 0.6) is 5.75 Å². The summed E-state index contributed by atoms with van der Waals surface area (Å²) in [4.78, 5) is 0. The Balaban J connectivity index is 1.61. The second kappa shape index (κ2) is 5.38. The van der Waals surface area contributed by atoms with Gasteiger partial charge in [0.15, 0.2) is 0 Å². The van der Waals surface area contributed by atoms with Crippen molar-refractivity contribution in [3.63, 3.8) is 0 Å². The summed E-state index contributed by atoms with van der Waals surface area (Å²) in [5.41, 5.74) is 2.04. The van der Waals surface area contributed by atoms with Crippen LogP contribution in [0.25, 0.3) is 0 Å². The van der Waals surface area contributed by atoms with Crippen LogP contribution in [0.15, 0.2) is 30.5 Å². The Labute approximate surface area is 111 Å². The summed E-state index contributed by atoms with van der Waals surface area (Å²) in [6, 6.07) is 8.23. The average Bonchev–Trinajstić information content (AvgIpc) is 3.04. The van der Waals surface area contributed by atoms with Crippen molar-refractivity contribution in [2.45, 2.75) is 19.1 Å². The zero-order valence-electron chi connectivity index (χ0n) is 10.5. The number of rotatable bonds is 5. The minimum atomic E-state index is 0.0695. The van der Waals surface area contributed by atoms with Crippen LogP contribution < -0.4 is 10.1 Å². The van der Waals surface area contributed by atoms with Gasteiger partial charge in [-0.15, -0.1) is 5.10 Å². The van der Waals surface area contributed by atoms with E-state index in [-0.39, 0.29) is 12.6 Å². The molecule has 0 aliphatic carbocycles. The first-order chi connectivity index (χ1) is 9.36. The molecule has 1 atom stereocenters. The normalized spacial score (nSPS) is 17.2. The predicted molar refractivity (Wildman–Crippen MR) is 68.6 cm³/mol. The van der Waals surface area contributed by atoms with E-state index in [1.54, 1.807) is 4.68 Å². The zero-order chi connectivity index (χ0) is 13.1. The molecule has 0 amide bonds. The molecule has 2 aromatic rings. The van der Waals surface area contributed by atoms with Gasteiger partial charge in [-0.05, 0) is 6.07 Å². The fourth-order valence-corrected chi connectivity index (χ4v) is 2.19. The lowest BCUT2D eigenvalue weighted by Gasteiger charge is -2.09. The van der Waals surface area contributed by atoms with E-state index >= 15 is 0 Å². The van der Waals surface area contributed by atoms with E-state index in [9.17, 15) is 0 Å². The smallest absolute Gasteiger partial charge is 0.124 e. The zero-order valence-corrected chi connectivity index (χ0v) is 10.5. The van der Waals surface area contributed by atoms with Gasteiger partial charge in [0, 0.05) is 18.3 Å². The van der Waals surface area contributed by atoms with Crippen LogP contribution in [0.4, 0.5) is 0 Å². The number of benzene rings is 1. The molecule has 1 unspecified atom stereocenters. The van der Waals surface area contributed by atoms with Gasteiger partial charge in [0.25, 0.3) is 0 Å². The lowest BCUT2D eigenvalue weighted by molar-refractivity contribution is 0.268. The third-order valence-electron chi connectivity index (χ3n) is 3.14. The number of fused-ring (bicyclic) bond motifs is 1. The number of aromatic nitrogens is 3. The lowest BCUT2D eigenvalue weighted by Crippen LogP contribution is -2.22. The monoisotopic (exact) mass is 260 g/mol. The largest absolute Gasteiger partial charge is 0.491 e. The van der Waals surface area contributed by atoms with Crippen LogP contribution in [0, 0.1) is 0 Å². The molecule has 1 aliphatic heterocycles. The maximum atomic E-state index is 8.82. The Bertz CT molecular complexity index is 555. The van der Waals surface area contributed by atoms with Gasteiger partial charge in [-0.2, -0.15) is 0 Å². The van der Waals surface area contributed by atoms with Gasteiger partial charge < -0.3 is 15.2 Å². The number of para-hydroxylation sites is 1. The molecule has 6 heteroatoms. The van der Waals surface area contributed by atoms with Gasteiger partial charge in [-0.1, -0.05) is 23.4 Å². The second-order valence-electron chi connectivity index (χ2n) is 4.48. The molecule has 0 radical (unpaired) electrons. The summed E-state index contributed by atoms with van der Waals surface area (Å²) in [6.07, 6.45) is 1.84. The highest BCUT2D eigenvalue weighted by molar-refractivity contribution is 5.39. The topological polar surface area (TPSA) is 72.2 Å². The molecule has 3 rings (SSSR count). The Morgan fingerprint density at radius 1 is 1.42 bits per heavy atom. The predicted octanol–water partition coefficient (Wildman–Crippen LogP) is 0.494. The van der Waals surface area contributed by atoms with Gasteiger partial charge in [0.1, 0.15) is 12.4 Å². The molecule has 19 heavy (non-hydrogen) atoms. The number of ether oxygens (including phenoxy) is 1. The highest BCUT2D eigenvalue weighted by Gasteiger charge is 2.22. The summed E-state index contributed by atoms with van der Waals surface area (Å²) in [5.74, 6) is 0.948. The van der Waals surface area contributed by atoms with E-state index in [0.717, 1.165) is 11.4 Å². The standard InChI is InChI=1S/C13H16N4O2/c18-6-5-17-8-10(15-16-17)7-14-12-9-19-13-4-2-1-3-11(12)13/h1-4,8,12,14,18H,5-7,9H2. The van der Waals surface area contributed by atoms with Crippen molar-refractivity contribution < 1.29 is 9.84 Å². The van der Waals surface area contributed by atoms with Crippen LogP contribution in [0.2, 0.25) is 0 Å². The fraction of sp³-hybridized carbons (Fsp3) is 0.385. The summed E-state index contributed by atoms with van der Waals surface area (Å²) >= 11 is 0. The molecule has 2 heterocycles. The number of hydrogen-bond donors (Lipinski definition) is 2. The highest BCUT2D eigenvalue weighted by Crippen LogP contribution is 2.31. The first-order valence-electron chi connectivity index (χ1n) is 6.32. The molecule has 0 bridgehead atoms. The summed E-state index contributed by atoms with van der Waals surface area (Å²) < 4.78 is 7.24. The van der Waals surface area contributed by atoms with Crippen molar-refractivity contribution in [1.29, 1.82) is 0 Å². The van der Waals surface area contributed by atoms with Gasteiger partial charge in [-0.25, -0.2) is 4.68 Å². The van der Waals surface area contributed by atoms with Crippen LogP contribution in [0.3, 0.4) is 0 Å². The van der Waals surface area contributed by atoms with Crippen LogP contribution in [-0.2, 0) is 13.1 Å². The van der Waals surface area contributed by atoms with Crippen molar-refractivity contribution in [3.8, 4) is 5.75 Å². The van der Waals surface area contributed by atoms with Crippen LogP contribution in [0.1, 0.15) is 17.3 Å². The third kappa shape index (κ3) is 2.59. The Morgan fingerprint density at radius 3 is 3.21 bits per heavy atom. The van der Waals surface area contributed by atoms with Crippen molar-refractivity contribution in [3.05, 3.63) is 41.7 Å². The molecule has 100 valence electrons.